The molecule has 16 heavy (non-hydrogen) atoms. The highest BCUT2D eigenvalue weighted by Gasteiger charge is 2.12. The van der Waals surface area contributed by atoms with Gasteiger partial charge in [0.15, 0.2) is 0 Å². The number of hydrogen-bond donors (Lipinski definition) is 1. The average molecular weight is 217 g/mol. The Morgan fingerprint density at radius 1 is 1.25 bits per heavy atom. The molecule has 1 N–H and O–H groups in total. The van der Waals surface area contributed by atoms with E-state index in [1.165, 1.54) is 0 Å². The lowest BCUT2D eigenvalue weighted by Gasteiger charge is -2.28. The van der Waals surface area contributed by atoms with E-state index in [0.29, 0.717) is 0 Å². The van der Waals surface area contributed by atoms with Crippen LogP contribution in [0.1, 0.15) is 0 Å². The topological polar surface area (TPSA) is 46.0 Å². The second kappa shape index (κ2) is 3.75. The van der Waals surface area contributed by atoms with Crippen molar-refractivity contribution in [2.75, 3.05) is 31.1 Å². The van der Waals surface area contributed by atoms with E-state index in [9.17, 15) is 0 Å². The predicted molar refractivity (Wildman–Crippen MR) is 63.6 cm³/mol. The molecule has 2 aromatic rings. The monoisotopic (exact) mass is 217 g/mol. The lowest BCUT2D eigenvalue weighted by atomic mass is 10.3. The van der Waals surface area contributed by atoms with Gasteiger partial charge in [-0.25, -0.2) is 9.97 Å². The van der Waals surface area contributed by atoms with E-state index >= 15 is 0 Å². The van der Waals surface area contributed by atoms with Gasteiger partial charge in [-0.3, -0.25) is 0 Å². The molecule has 0 aliphatic carbocycles. The van der Waals surface area contributed by atoms with Gasteiger partial charge in [0.05, 0.1) is 23.6 Å². The van der Waals surface area contributed by atoms with Crippen molar-refractivity contribution in [3.63, 3.8) is 0 Å². The van der Waals surface area contributed by atoms with Crippen LogP contribution in [-0.4, -0.2) is 40.7 Å². The predicted octanol–water partition coefficient (Wildman–Crippen LogP) is 0.378. The van der Waals surface area contributed by atoms with E-state index in [4.69, 9.17) is 0 Å². The maximum atomic E-state index is 4.50. The fourth-order valence-corrected chi connectivity index (χ4v) is 2.08. The van der Waals surface area contributed by atoms with Crippen LogP contribution in [-0.2, 0) is 7.05 Å². The number of anilines is 1. The number of rotatable bonds is 1. The number of imidazole rings is 1. The standard InChI is InChI=1S/C11H15N5/c1-15-8-14-9-6-11(13-7-10(9)15)16-4-2-12-3-5-16/h6-8,12H,2-5H2,1H3. The minimum Gasteiger partial charge on any atom is -0.354 e. The van der Waals surface area contributed by atoms with Gasteiger partial charge in [-0.15, -0.1) is 0 Å². The van der Waals surface area contributed by atoms with E-state index in [0.717, 1.165) is 43.0 Å². The molecule has 1 aliphatic rings. The van der Waals surface area contributed by atoms with Crippen LogP contribution < -0.4 is 10.2 Å². The Kier molecular flexibility index (Phi) is 2.25. The molecule has 1 saturated heterocycles. The van der Waals surface area contributed by atoms with Crippen LogP contribution in [0.25, 0.3) is 11.0 Å². The Morgan fingerprint density at radius 3 is 2.88 bits per heavy atom. The molecule has 0 saturated carbocycles. The number of fused-ring (bicyclic) bond motifs is 1. The Bertz CT molecular complexity index is 498. The fraction of sp³-hybridized carbons (Fsp3) is 0.455. The zero-order chi connectivity index (χ0) is 11.0. The van der Waals surface area contributed by atoms with Gasteiger partial charge >= 0.3 is 0 Å². The summed E-state index contributed by atoms with van der Waals surface area (Å²) >= 11 is 0. The zero-order valence-electron chi connectivity index (χ0n) is 9.35. The van der Waals surface area contributed by atoms with E-state index in [-0.39, 0.29) is 0 Å². The smallest absolute Gasteiger partial charge is 0.130 e. The SMILES string of the molecule is Cn1cnc2cc(N3CCNCC3)ncc21. The zero-order valence-corrected chi connectivity index (χ0v) is 9.35. The first-order valence-corrected chi connectivity index (χ1v) is 5.57. The second-order valence-electron chi connectivity index (χ2n) is 4.12. The third-order valence-corrected chi connectivity index (χ3v) is 3.04. The van der Waals surface area contributed by atoms with Crippen molar-refractivity contribution in [1.29, 1.82) is 0 Å². The summed E-state index contributed by atoms with van der Waals surface area (Å²) in [6.45, 7) is 4.10. The Morgan fingerprint density at radius 2 is 2.06 bits per heavy atom. The summed E-state index contributed by atoms with van der Waals surface area (Å²) in [6, 6.07) is 2.07. The van der Waals surface area contributed by atoms with Crippen LogP contribution in [0.15, 0.2) is 18.6 Å². The summed E-state index contributed by atoms with van der Waals surface area (Å²) in [5, 5.41) is 3.34. The van der Waals surface area contributed by atoms with Gasteiger partial charge in [-0.2, -0.15) is 0 Å². The second-order valence-corrected chi connectivity index (χ2v) is 4.12. The van der Waals surface area contributed by atoms with Crippen LogP contribution in [0.4, 0.5) is 5.82 Å². The molecule has 5 nitrogen and oxygen atoms in total. The molecule has 3 rings (SSSR count). The Hall–Kier alpha value is -1.62. The molecular formula is C11H15N5. The number of aromatic nitrogens is 3. The number of nitrogens with zero attached hydrogens (tertiary/aromatic N) is 4. The third kappa shape index (κ3) is 1.53. The van der Waals surface area contributed by atoms with E-state index in [1.807, 2.05) is 24.1 Å². The van der Waals surface area contributed by atoms with Gasteiger partial charge in [-0.05, 0) is 0 Å². The van der Waals surface area contributed by atoms with Gasteiger partial charge in [0, 0.05) is 39.3 Å². The first kappa shape index (κ1) is 9.59. The largest absolute Gasteiger partial charge is 0.354 e. The number of nitrogens with one attached hydrogen (secondary N) is 1. The lowest BCUT2D eigenvalue weighted by Crippen LogP contribution is -2.43. The first-order valence-electron chi connectivity index (χ1n) is 5.57. The van der Waals surface area contributed by atoms with Crippen molar-refractivity contribution in [2.24, 2.45) is 7.05 Å². The van der Waals surface area contributed by atoms with E-state index < -0.39 is 0 Å². The summed E-state index contributed by atoms with van der Waals surface area (Å²) < 4.78 is 1.99. The normalized spacial score (nSPS) is 16.9. The highest BCUT2D eigenvalue weighted by molar-refractivity contribution is 5.77. The maximum Gasteiger partial charge on any atom is 0.130 e. The molecule has 1 aliphatic heterocycles. The number of aryl methyl sites for hydroxylation is 1. The van der Waals surface area contributed by atoms with Crippen LogP contribution >= 0.6 is 0 Å². The van der Waals surface area contributed by atoms with Gasteiger partial charge < -0.3 is 14.8 Å². The molecule has 1 fully saturated rings. The third-order valence-electron chi connectivity index (χ3n) is 3.04. The molecule has 0 spiro atoms. The van der Waals surface area contributed by atoms with Crippen LogP contribution in [0, 0.1) is 0 Å². The molecule has 84 valence electrons. The van der Waals surface area contributed by atoms with Crippen molar-refractivity contribution in [1.82, 2.24) is 19.9 Å². The van der Waals surface area contributed by atoms with Gasteiger partial charge in [-0.1, -0.05) is 0 Å². The molecule has 0 bridgehead atoms. The summed E-state index contributed by atoms with van der Waals surface area (Å²) in [5.74, 6) is 1.03. The van der Waals surface area contributed by atoms with Crippen molar-refractivity contribution >= 4 is 16.9 Å². The minimum atomic E-state index is 1.02. The van der Waals surface area contributed by atoms with Crippen LogP contribution in [0.3, 0.4) is 0 Å². The minimum absolute atomic E-state index is 1.02. The van der Waals surface area contributed by atoms with E-state index in [2.05, 4.69) is 26.3 Å². The van der Waals surface area contributed by atoms with Gasteiger partial charge in [0.2, 0.25) is 0 Å². The molecule has 0 amide bonds. The Balaban J connectivity index is 1.97. The number of pyridine rings is 1. The fourth-order valence-electron chi connectivity index (χ4n) is 2.08. The van der Waals surface area contributed by atoms with Crippen molar-refractivity contribution in [2.45, 2.75) is 0 Å². The molecule has 0 unspecified atom stereocenters. The molecule has 0 aromatic carbocycles. The number of piperazine rings is 1. The molecule has 0 atom stereocenters. The van der Waals surface area contributed by atoms with Crippen LogP contribution in [0.5, 0.6) is 0 Å². The molecule has 2 aromatic heterocycles. The summed E-state index contributed by atoms with van der Waals surface area (Å²) in [6.07, 6.45) is 3.73. The quantitative estimate of drug-likeness (QED) is 0.750. The van der Waals surface area contributed by atoms with Gasteiger partial charge in [0.25, 0.3) is 0 Å². The van der Waals surface area contributed by atoms with Crippen molar-refractivity contribution in [3.8, 4) is 0 Å². The van der Waals surface area contributed by atoms with Crippen LogP contribution in [0.2, 0.25) is 0 Å². The molecule has 0 radical (unpaired) electrons. The molecule has 3 heterocycles. The average Bonchev–Trinajstić information content (AvgIpc) is 2.72. The summed E-state index contributed by atoms with van der Waals surface area (Å²) in [7, 11) is 1.99. The first-order chi connectivity index (χ1) is 7.84. The van der Waals surface area contributed by atoms with Gasteiger partial charge in [0.1, 0.15) is 5.82 Å². The number of hydrogen-bond acceptors (Lipinski definition) is 4. The van der Waals surface area contributed by atoms with E-state index in [1.54, 1.807) is 0 Å². The summed E-state index contributed by atoms with van der Waals surface area (Å²) in [4.78, 5) is 11.2. The van der Waals surface area contributed by atoms with Crippen molar-refractivity contribution in [3.05, 3.63) is 18.6 Å². The lowest BCUT2D eigenvalue weighted by molar-refractivity contribution is 0.585. The highest BCUT2D eigenvalue weighted by atomic mass is 15.2. The summed E-state index contributed by atoms with van der Waals surface area (Å²) in [5.41, 5.74) is 2.10. The van der Waals surface area contributed by atoms with Crippen molar-refractivity contribution < 1.29 is 0 Å². The molecular weight excluding hydrogens is 202 g/mol. The maximum absolute atomic E-state index is 4.50. The highest BCUT2D eigenvalue weighted by Crippen LogP contribution is 2.17. The Labute approximate surface area is 94.1 Å². The molecule has 5 heteroatoms.